The lowest BCUT2D eigenvalue weighted by Gasteiger charge is -2.16. The summed E-state index contributed by atoms with van der Waals surface area (Å²) in [7, 11) is 0. The van der Waals surface area contributed by atoms with Crippen LogP contribution in [-0.2, 0) is 4.79 Å². The fourth-order valence-electron chi connectivity index (χ4n) is 1.79. The van der Waals surface area contributed by atoms with Gasteiger partial charge in [-0.2, -0.15) is 0 Å². The van der Waals surface area contributed by atoms with E-state index in [1.807, 2.05) is 20.8 Å². The van der Waals surface area contributed by atoms with Crippen molar-refractivity contribution in [3.05, 3.63) is 35.2 Å². The van der Waals surface area contributed by atoms with Crippen LogP contribution in [-0.4, -0.2) is 10.9 Å². The fourth-order valence-corrected chi connectivity index (χ4v) is 2.52. The second-order valence-electron chi connectivity index (χ2n) is 5.95. The number of aromatic nitrogens is 1. The molecule has 1 heterocycles. The van der Waals surface area contributed by atoms with Crippen LogP contribution in [0.15, 0.2) is 23.6 Å². The van der Waals surface area contributed by atoms with Crippen LogP contribution in [0.2, 0.25) is 0 Å². The molecule has 1 aromatic heterocycles. The van der Waals surface area contributed by atoms with E-state index in [1.54, 1.807) is 5.38 Å². The van der Waals surface area contributed by atoms with Crippen molar-refractivity contribution >= 4 is 22.4 Å². The van der Waals surface area contributed by atoms with Crippen LogP contribution < -0.4 is 5.32 Å². The number of hydrogen-bond acceptors (Lipinski definition) is 3. The fraction of sp³-hybridized carbons (Fsp3) is 0.333. The number of hydrogen-bond donors (Lipinski definition) is 1. The zero-order chi connectivity index (χ0) is 15.6. The maximum absolute atomic E-state index is 13.7. The molecule has 2 rings (SSSR count). The first kappa shape index (κ1) is 15.6. The molecule has 0 aliphatic rings. The lowest BCUT2D eigenvalue weighted by molar-refractivity contribution is -0.117. The Morgan fingerprint density at radius 1 is 1.33 bits per heavy atom. The Bertz CT molecular complexity index is 662. The Morgan fingerprint density at radius 2 is 2.05 bits per heavy atom. The van der Waals surface area contributed by atoms with Crippen molar-refractivity contribution in [3.8, 4) is 11.3 Å². The molecular formula is C15H16F2N2OS. The van der Waals surface area contributed by atoms with Gasteiger partial charge in [0.1, 0.15) is 11.6 Å². The lowest BCUT2D eigenvalue weighted by atomic mass is 9.92. The third-order valence-corrected chi connectivity index (χ3v) is 3.40. The second kappa shape index (κ2) is 5.89. The normalized spacial score (nSPS) is 11.5. The van der Waals surface area contributed by atoms with E-state index in [-0.39, 0.29) is 16.9 Å². The Morgan fingerprint density at radius 3 is 2.71 bits per heavy atom. The third-order valence-electron chi connectivity index (χ3n) is 2.65. The van der Waals surface area contributed by atoms with Gasteiger partial charge in [-0.1, -0.05) is 20.8 Å². The summed E-state index contributed by atoms with van der Waals surface area (Å²) in [5.74, 6) is -1.23. The predicted octanol–water partition coefficient (Wildman–Crippen LogP) is 4.46. The molecule has 0 saturated carbocycles. The van der Waals surface area contributed by atoms with Crippen molar-refractivity contribution in [2.75, 3.05) is 5.32 Å². The Balaban J connectivity index is 2.15. The first-order chi connectivity index (χ1) is 9.74. The van der Waals surface area contributed by atoms with E-state index in [4.69, 9.17) is 0 Å². The number of carbonyl (C=O) groups excluding carboxylic acids is 1. The van der Waals surface area contributed by atoms with Crippen LogP contribution in [0, 0.1) is 17.0 Å². The van der Waals surface area contributed by atoms with Gasteiger partial charge in [0.05, 0.1) is 5.69 Å². The Kier molecular flexibility index (Phi) is 4.37. The van der Waals surface area contributed by atoms with Crippen molar-refractivity contribution in [1.29, 1.82) is 0 Å². The summed E-state index contributed by atoms with van der Waals surface area (Å²) in [6.45, 7) is 5.88. The molecule has 2 aromatic rings. The van der Waals surface area contributed by atoms with Crippen LogP contribution in [0.4, 0.5) is 13.9 Å². The Labute approximate surface area is 126 Å². The largest absolute Gasteiger partial charge is 0.302 e. The molecule has 0 atom stereocenters. The first-order valence-corrected chi connectivity index (χ1v) is 7.33. The first-order valence-electron chi connectivity index (χ1n) is 6.45. The van der Waals surface area contributed by atoms with Gasteiger partial charge in [-0.15, -0.1) is 11.3 Å². The quantitative estimate of drug-likeness (QED) is 0.909. The number of anilines is 1. The molecule has 0 unspecified atom stereocenters. The molecule has 3 nitrogen and oxygen atoms in total. The highest BCUT2D eigenvalue weighted by atomic mass is 32.1. The molecule has 21 heavy (non-hydrogen) atoms. The number of nitrogens with zero attached hydrogens (tertiary/aromatic N) is 1. The van der Waals surface area contributed by atoms with Crippen LogP contribution in [0.1, 0.15) is 27.2 Å². The van der Waals surface area contributed by atoms with Crippen molar-refractivity contribution < 1.29 is 13.6 Å². The number of benzene rings is 1. The molecule has 6 heteroatoms. The number of thiazole rings is 1. The molecule has 1 amide bonds. The molecule has 112 valence electrons. The van der Waals surface area contributed by atoms with E-state index in [2.05, 4.69) is 10.3 Å². The number of carbonyl (C=O) groups is 1. The van der Waals surface area contributed by atoms with Crippen LogP contribution in [0.3, 0.4) is 0 Å². The zero-order valence-electron chi connectivity index (χ0n) is 12.0. The average Bonchev–Trinajstić information content (AvgIpc) is 2.78. The van der Waals surface area contributed by atoms with Gasteiger partial charge in [0.25, 0.3) is 0 Å². The summed E-state index contributed by atoms with van der Waals surface area (Å²) in [5.41, 5.74) is 0.268. The summed E-state index contributed by atoms with van der Waals surface area (Å²) < 4.78 is 26.8. The second-order valence-corrected chi connectivity index (χ2v) is 6.81. The number of amides is 1. The van der Waals surface area contributed by atoms with Gasteiger partial charge in [0.2, 0.25) is 5.91 Å². The van der Waals surface area contributed by atoms with Gasteiger partial charge in [0.15, 0.2) is 5.13 Å². The molecular weight excluding hydrogens is 294 g/mol. The van der Waals surface area contributed by atoms with Gasteiger partial charge in [-0.05, 0) is 23.6 Å². The highest BCUT2D eigenvalue weighted by molar-refractivity contribution is 7.14. The number of rotatable bonds is 3. The van der Waals surface area contributed by atoms with E-state index in [1.165, 1.54) is 11.3 Å². The maximum Gasteiger partial charge on any atom is 0.226 e. The number of halogens is 2. The van der Waals surface area contributed by atoms with E-state index < -0.39 is 11.6 Å². The summed E-state index contributed by atoms with van der Waals surface area (Å²) >= 11 is 1.18. The van der Waals surface area contributed by atoms with E-state index >= 15 is 0 Å². The van der Waals surface area contributed by atoms with Crippen LogP contribution in [0.5, 0.6) is 0 Å². The standard InChI is InChI=1S/C15H16F2N2OS/c1-15(2,3)7-13(20)19-14-18-12(8-21-14)10-6-9(16)4-5-11(10)17/h4-6,8H,7H2,1-3H3,(H,18,19,20). The molecule has 0 bridgehead atoms. The molecule has 0 saturated heterocycles. The van der Waals surface area contributed by atoms with Crippen LogP contribution >= 0.6 is 11.3 Å². The molecule has 0 spiro atoms. The molecule has 0 fully saturated rings. The molecule has 1 N–H and O–H groups in total. The van der Waals surface area contributed by atoms with Crippen molar-refractivity contribution in [2.24, 2.45) is 5.41 Å². The smallest absolute Gasteiger partial charge is 0.226 e. The van der Waals surface area contributed by atoms with E-state index in [9.17, 15) is 13.6 Å². The van der Waals surface area contributed by atoms with Gasteiger partial charge in [0, 0.05) is 17.4 Å². The minimum absolute atomic E-state index is 0.0857. The van der Waals surface area contributed by atoms with E-state index in [0.29, 0.717) is 17.2 Å². The Hall–Kier alpha value is -1.82. The summed E-state index contributed by atoms with van der Waals surface area (Å²) in [4.78, 5) is 15.9. The topological polar surface area (TPSA) is 42.0 Å². The molecule has 1 aromatic carbocycles. The predicted molar refractivity (Wildman–Crippen MR) is 80.2 cm³/mol. The van der Waals surface area contributed by atoms with Gasteiger partial charge >= 0.3 is 0 Å². The van der Waals surface area contributed by atoms with Gasteiger partial charge < -0.3 is 5.32 Å². The average molecular weight is 310 g/mol. The summed E-state index contributed by atoms with van der Waals surface area (Å²) in [5, 5.41) is 4.64. The zero-order valence-corrected chi connectivity index (χ0v) is 12.9. The third kappa shape index (κ3) is 4.32. The van der Waals surface area contributed by atoms with E-state index in [0.717, 1.165) is 18.2 Å². The van der Waals surface area contributed by atoms with Crippen molar-refractivity contribution in [3.63, 3.8) is 0 Å². The van der Waals surface area contributed by atoms with Gasteiger partial charge in [-0.25, -0.2) is 13.8 Å². The summed E-state index contributed by atoms with van der Waals surface area (Å²) in [6.07, 6.45) is 0.357. The minimum Gasteiger partial charge on any atom is -0.302 e. The minimum atomic E-state index is -0.547. The van der Waals surface area contributed by atoms with Crippen molar-refractivity contribution in [1.82, 2.24) is 4.98 Å². The molecule has 0 radical (unpaired) electrons. The van der Waals surface area contributed by atoms with Crippen molar-refractivity contribution in [2.45, 2.75) is 27.2 Å². The summed E-state index contributed by atoms with van der Waals surface area (Å²) in [6, 6.07) is 3.20. The SMILES string of the molecule is CC(C)(C)CC(=O)Nc1nc(-c2cc(F)ccc2F)cs1. The highest BCUT2D eigenvalue weighted by Crippen LogP contribution is 2.28. The number of nitrogens with one attached hydrogen (secondary N) is 1. The molecule has 0 aliphatic heterocycles. The maximum atomic E-state index is 13.7. The monoisotopic (exact) mass is 310 g/mol. The van der Waals surface area contributed by atoms with Gasteiger partial charge in [-0.3, -0.25) is 4.79 Å². The molecule has 0 aliphatic carbocycles. The highest BCUT2D eigenvalue weighted by Gasteiger charge is 2.17. The lowest BCUT2D eigenvalue weighted by Crippen LogP contribution is -2.19. The van der Waals surface area contributed by atoms with Crippen LogP contribution in [0.25, 0.3) is 11.3 Å².